The third-order valence-corrected chi connectivity index (χ3v) is 3.26. The summed E-state index contributed by atoms with van der Waals surface area (Å²) in [4.78, 5) is 13.7. The van der Waals surface area contributed by atoms with Gasteiger partial charge in [0, 0.05) is 32.2 Å². The molecule has 5 nitrogen and oxygen atoms in total. The van der Waals surface area contributed by atoms with Crippen molar-refractivity contribution < 1.29 is 9.53 Å². The summed E-state index contributed by atoms with van der Waals surface area (Å²) in [6.45, 7) is 5.22. The molecule has 0 unspecified atom stereocenters. The molecule has 1 heterocycles. The van der Waals surface area contributed by atoms with Crippen LogP contribution in [0.4, 0.5) is 4.79 Å². The highest BCUT2D eigenvalue weighted by atomic mass is 16.5. The highest BCUT2D eigenvalue weighted by Crippen LogP contribution is 2.17. The van der Waals surface area contributed by atoms with Gasteiger partial charge in [0.1, 0.15) is 0 Å². The van der Waals surface area contributed by atoms with Crippen molar-refractivity contribution in [1.82, 2.24) is 15.5 Å². The largest absolute Gasteiger partial charge is 0.379 e. The van der Waals surface area contributed by atoms with Gasteiger partial charge in [0.15, 0.2) is 0 Å². The lowest BCUT2D eigenvalue weighted by molar-refractivity contribution is 0.0387. The van der Waals surface area contributed by atoms with E-state index in [0.717, 1.165) is 52.2 Å². The topological polar surface area (TPSA) is 53.6 Å². The van der Waals surface area contributed by atoms with E-state index >= 15 is 0 Å². The summed E-state index contributed by atoms with van der Waals surface area (Å²) >= 11 is 0. The Hall–Kier alpha value is -0.810. The predicted octanol–water partition coefficient (Wildman–Crippen LogP) is 0.170. The Morgan fingerprint density at radius 2 is 2.06 bits per heavy atom. The molecule has 92 valence electrons. The van der Waals surface area contributed by atoms with E-state index in [1.807, 2.05) is 0 Å². The van der Waals surface area contributed by atoms with E-state index in [9.17, 15) is 4.79 Å². The van der Waals surface area contributed by atoms with Crippen LogP contribution in [-0.2, 0) is 4.74 Å². The number of nitrogens with zero attached hydrogens (tertiary/aromatic N) is 1. The second-order valence-electron chi connectivity index (χ2n) is 4.48. The molecular formula is C11H21N3O2. The average molecular weight is 227 g/mol. The van der Waals surface area contributed by atoms with Gasteiger partial charge in [-0.05, 0) is 19.3 Å². The molecule has 0 aromatic heterocycles. The fourth-order valence-corrected chi connectivity index (χ4v) is 1.94. The van der Waals surface area contributed by atoms with E-state index in [4.69, 9.17) is 4.74 Å². The van der Waals surface area contributed by atoms with Crippen molar-refractivity contribution in [2.45, 2.75) is 25.3 Å². The SMILES string of the molecule is O=C(NCCN1CCOCC1)NC1CCC1. The second-order valence-corrected chi connectivity index (χ2v) is 4.48. The van der Waals surface area contributed by atoms with Gasteiger partial charge in [0.05, 0.1) is 13.2 Å². The van der Waals surface area contributed by atoms with Gasteiger partial charge in [0.25, 0.3) is 0 Å². The van der Waals surface area contributed by atoms with Gasteiger partial charge in [-0.1, -0.05) is 0 Å². The van der Waals surface area contributed by atoms with Crippen LogP contribution in [0, 0.1) is 0 Å². The summed E-state index contributed by atoms with van der Waals surface area (Å²) < 4.78 is 5.26. The van der Waals surface area contributed by atoms with Gasteiger partial charge in [-0.25, -0.2) is 4.79 Å². The van der Waals surface area contributed by atoms with Crippen LogP contribution < -0.4 is 10.6 Å². The van der Waals surface area contributed by atoms with Crippen LogP contribution in [0.15, 0.2) is 0 Å². The van der Waals surface area contributed by atoms with Crippen LogP contribution in [0.25, 0.3) is 0 Å². The van der Waals surface area contributed by atoms with Crippen molar-refractivity contribution in [1.29, 1.82) is 0 Å². The molecule has 1 aliphatic carbocycles. The Bertz CT molecular complexity index is 225. The Morgan fingerprint density at radius 1 is 1.31 bits per heavy atom. The maximum Gasteiger partial charge on any atom is 0.315 e. The lowest BCUT2D eigenvalue weighted by Gasteiger charge is -2.28. The normalized spacial score (nSPS) is 22.5. The Labute approximate surface area is 96.5 Å². The quantitative estimate of drug-likeness (QED) is 0.720. The van der Waals surface area contributed by atoms with Crippen molar-refractivity contribution >= 4 is 6.03 Å². The van der Waals surface area contributed by atoms with Gasteiger partial charge >= 0.3 is 6.03 Å². The maximum absolute atomic E-state index is 11.4. The van der Waals surface area contributed by atoms with Gasteiger partial charge in [-0.2, -0.15) is 0 Å². The first-order chi connectivity index (χ1) is 7.84. The zero-order valence-corrected chi connectivity index (χ0v) is 9.71. The van der Waals surface area contributed by atoms with Crippen LogP contribution in [0.5, 0.6) is 0 Å². The molecule has 0 bridgehead atoms. The summed E-state index contributed by atoms with van der Waals surface area (Å²) in [5, 5.41) is 5.86. The number of hydrogen-bond acceptors (Lipinski definition) is 3. The molecule has 2 rings (SSSR count). The number of morpholine rings is 1. The molecule has 1 aliphatic heterocycles. The van der Waals surface area contributed by atoms with Gasteiger partial charge in [0.2, 0.25) is 0 Å². The Balaban J connectivity index is 1.51. The summed E-state index contributed by atoms with van der Waals surface area (Å²) in [5.74, 6) is 0. The summed E-state index contributed by atoms with van der Waals surface area (Å²) in [6, 6.07) is 0.404. The average Bonchev–Trinajstić information content (AvgIpc) is 2.25. The first-order valence-electron chi connectivity index (χ1n) is 6.19. The molecular weight excluding hydrogens is 206 g/mol. The standard InChI is InChI=1S/C11H21N3O2/c15-11(13-10-2-1-3-10)12-4-5-14-6-8-16-9-7-14/h10H,1-9H2,(H2,12,13,15). The maximum atomic E-state index is 11.4. The third-order valence-electron chi connectivity index (χ3n) is 3.26. The van der Waals surface area contributed by atoms with E-state index in [2.05, 4.69) is 15.5 Å². The van der Waals surface area contributed by atoms with Gasteiger partial charge < -0.3 is 15.4 Å². The van der Waals surface area contributed by atoms with Crippen molar-refractivity contribution in [3.05, 3.63) is 0 Å². The minimum atomic E-state index is -0.0158. The van der Waals surface area contributed by atoms with Crippen LogP contribution in [0.3, 0.4) is 0 Å². The molecule has 0 radical (unpaired) electrons. The molecule has 1 saturated heterocycles. The van der Waals surface area contributed by atoms with Crippen LogP contribution in [0.1, 0.15) is 19.3 Å². The molecule has 5 heteroatoms. The zero-order chi connectivity index (χ0) is 11.2. The number of ether oxygens (including phenoxy) is 1. The molecule has 1 saturated carbocycles. The lowest BCUT2D eigenvalue weighted by Crippen LogP contribution is -2.47. The van der Waals surface area contributed by atoms with Crippen molar-refractivity contribution in [3.63, 3.8) is 0 Å². The smallest absolute Gasteiger partial charge is 0.315 e. The molecule has 2 amide bonds. The van der Waals surface area contributed by atoms with Gasteiger partial charge in [-0.15, -0.1) is 0 Å². The van der Waals surface area contributed by atoms with E-state index in [1.54, 1.807) is 0 Å². The molecule has 16 heavy (non-hydrogen) atoms. The lowest BCUT2D eigenvalue weighted by atomic mass is 9.93. The van der Waals surface area contributed by atoms with E-state index < -0.39 is 0 Å². The monoisotopic (exact) mass is 227 g/mol. The summed E-state index contributed by atoms with van der Waals surface area (Å²) in [6.07, 6.45) is 3.52. The Morgan fingerprint density at radius 3 is 2.69 bits per heavy atom. The molecule has 0 aromatic rings. The van der Waals surface area contributed by atoms with E-state index in [-0.39, 0.29) is 6.03 Å². The minimum Gasteiger partial charge on any atom is -0.379 e. The summed E-state index contributed by atoms with van der Waals surface area (Å²) in [7, 11) is 0. The Kier molecular flexibility index (Phi) is 4.42. The second kappa shape index (κ2) is 6.06. The number of carbonyl (C=O) groups is 1. The first-order valence-corrected chi connectivity index (χ1v) is 6.19. The number of amides is 2. The van der Waals surface area contributed by atoms with Crippen LogP contribution >= 0.6 is 0 Å². The number of hydrogen-bond donors (Lipinski definition) is 2. The fourth-order valence-electron chi connectivity index (χ4n) is 1.94. The molecule has 2 aliphatic rings. The highest BCUT2D eigenvalue weighted by molar-refractivity contribution is 5.74. The predicted molar refractivity (Wildman–Crippen MR) is 61.4 cm³/mol. The van der Waals surface area contributed by atoms with Crippen LogP contribution in [-0.4, -0.2) is 56.4 Å². The van der Waals surface area contributed by atoms with Crippen molar-refractivity contribution in [3.8, 4) is 0 Å². The zero-order valence-electron chi connectivity index (χ0n) is 9.71. The van der Waals surface area contributed by atoms with E-state index in [0.29, 0.717) is 6.04 Å². The fraction of sp³-hybridized carbons (Fsp3) is 0.909. The molecule has 2 fully saturated rings. The minimum absolute atomic E-state index is 0.0158. The molecule has 0 atom stereocenters. The molecule has 2 N–H and O–H groups in total. The molecule has 0 spiro atoms. The third kappa shape index (κ3) is 3.64. The van der Waals surface area contributed by atoms with Crippen molar-refractivity contribution in [2.75, 3.05) is 39.4 Å². The van der Waals surface area contributed by atoms with Crippen LogP contribution in [0.2, 0.25) is 0 Å². The number of urea groups is 1. The number of carbonyl (C=O) groups excluding carboxylic acids is 1. The van der Waals surface area contributed by atoms with Crippen molar-refractivity contribution in [2.24, 2.45) is 0 Å². The number of rotatable bonds is 4. The van der Waals surface area contributed by atoms with E-state index in [1.165, 1.54) is 6.42 Å². The molecule has 0 aromatic carbocycles. The highest BCUT2D eigenvalue weighted by Gasteiger charge is 2.19. The first kappa shape index (κ1) is 11.7. The van der Waals surface area contributed by atoms with Gasteiger partial charge in [-0.3, -0.25) is 4.90 Å². The summed E-state index contributed by atoms with van der Waals surface area (Å²) in [5.41, 5.74) is 0. The number of nitrogens with one attached hydrogen (secondary N) is 2.